The molecule has 12 nitrogen and oxygen atoms in total. The number of amides is 1. The number of anilines is 2. The van der Waals surface area contributed by atoms with Gasteiger partial charge in [0.05, 0.1) is 31.1 Å². The van der Waals surface area contributed by atoms with Crippen molar-refractivity contribution in [2.24, 2.45) is 13.0 Å². The van der Waals surface area contributed by atoms with Crippen molar-refractivity contribution in [3.63, 3.8) is 0 Å². The molecule has 0 bridgehead atoms. The van der Waals surface area contributed by atoms with Gasteiger partial charge in [-0.15, -0.1) is 22.5 Å². The lowest BCUT2D eigenvalue weighted by Gasteiger charge is -2.42. The van der Waals surface area contributed by atoms with Gasteiger partial charge in [-0.25, -0.2) is 13.4 Å². The summed E-state index contributed by atoms with van der Waals surface area (Å²) in [6.45, 7) is 5.56. The van der Waals surface area contributed by atoms with Gasteiger partial charge in [0.25, 0.3) is 5.91 Å². The molecule has 4 aliphatic heterocycles. The van der Waals surface area contributed by atoms with E-state index in [4.69, 9.17) is 16.1 Å². The Morgan fingerprint density at radius 2 is 1.83 bits per heavy atom. The van der Waals surface area contributed by atoms with E-state index in [0.29, 0.717) is 56.6 Å². The fourth-order valence-electron chi connectivity index (χ4n) is 7.80. The molecular formula is C36H43F3N8O4S. The number of carbonyl (C=O) groups excluding carboxylic acids is 1. The number of halogens is 3. The van der Waals surface area contributed by atoms with Gasteiger partial charge in [-0.3, -0.25) is 14.6 Å². The monoisotopic (exact) mass is 740 g/mol. The molecule has 278 valence electrons. The second-order valence-corrected chi connectivity index (χ2v) is 16.7. The summed E-state index contributed by atoms with van der Waals surface area (Å²) in [5.74, 6) is 3.61. The van der Waals surface area contributed by atoms with Crippen LogP contribution in [-0.2, 0) is 52.9 Å². The van der Waals surface area contributed by atoms with Gasteiger partial charge in [-0.05, 0) is 66.3 Å². The fraction of sp³-hybridized carbons (Fsp3) is 0.556. The summed E-state index contributed by atoms with van der Waals surface area (Å²) in [4.78, 5) is 24.5. The number of terminal acetylenes is 1. The summed E-state index contributed by atoms with van der Waals surface area (Å²) < 4.78 is 78.6. The molecule has 0 N–H and O–H groups in total. The number of rotatable bonds is 10. The molecule has 0 radical (unpaired) electrons. The van der Waals surface area contributed by atoms with Crippen molar-refractivity contribution in [3.8, 4) is 12.3 Å². The van der Waals surface area contributed by atoms with Crippen LogP contribution in [0.1, 0.15) is 64.6 Å². The highest BCUT2D eigenvalue weighted by Crippen LogP contribution is 2.42. The first-order valence-electron chi connectivity index (χ1n) is 17.6. The van der Waals surface area contributed by atoms with Crippen molar-refractivity contribution in [2.75, 3.05) is 68.0 Å². The van der Waals surface area contributed by atoms with Crippen LogP contribution >= 0.6 is 0 Å². The number of aryl methyl sites for hydroxylation is 1. The number of pyridine rings is 1. The number of nitrogens with zero attached hydrogens (tertiary/aromatic N) is 8. The molecule has 1 amide bonds. The molecule has 1 aromatic carbocycles. The standard InChI is InChI=1S/C36H43F3N8O4S/c1-4-5-13-52(49,50)46-11-9-45(10-12-46)31-16-27(35(22-51-23-35)18-33-42-40-24-43(33)3)17-32(41-31)47-21-29-28(34(47)48)14-26(15-30(29)36(37,38)39)20-44-8-6-7-25(2)19-44/h1,14-17,24-25H,5-13,18-23H2,2-3H3/t25-/m0/s1. The number of ether oxygens (including phenoxy) is 1. The van der Waals surface area contributed by atoms with Gasteiger partial charge in [0, 0.05) is 70.1 Å². The lowest BCUT2D eigenvalue weighted by Crippen LogP contribution is -2.50. The van der Waals surface area contributed by atoms with Crippen LogP contribution < -0.4 is 9.80 Å². The predicted octanol–water partition coefficient (Wildman–Crippen LogP) is 3.61. The zero-order valence-corrected chi connectivity index (χ0v) is 30.2. The molecule has 3 fully saturated rings. The molecule has 1 atom stereocenters. The van der Waals surface area contributed by atoms with Crippen LogP contribution in [-0.4, -0.2) is 102 Å². The lowest BCUT2D eigenvalue weighted by atomic mass is 9.75. The van der Waals surface area contributed by atoms with Crippen molar-refractivity contribution < 1.29 is 31.1 Å². The quantitative estimate of drug-likeness (QED) is 0.288. The molecule has 6 heterocycles. The van der Waals surface area contributed by atoms with Gasteiger partial charge in [-0.2, -0.15) is 17.5 Å². The van der Waals surface area contributed by atoms with E-state index < -0.39 is 33.1 Å². The summed E-state index contributed by atoms with van der Waals surface area (Å²) in [6.07, 6.45) is 4.92. The van der Waals surface area contributed by atoms with Gasteiger partial charge in [0.15, 0.2) is 0 Å². The van der Waals surface area contributed by atoms with Crippen molar-refractivity contribution in [3.05, 3.63) is 64.2 Å². The minimum Gasteiger partial charge on any atom is -0.379 e. The van der Waals surface area contributed by atoms with Crippen molar-refractivity contribution in [2.45, 2.75) is 57.3 Å². The van der Waals surface area contributed by atoms with E-state index >= 15 is 0 Å². The molecule has 4 aliphatic rings. The highest BCUT2D eigenvalue weighted by molar-refractivity contribution is 7.89. The SMILES string of the molecule is C#CCCS(=O)(=O)N1CCN(c2cc(C3(Cc4nncn4C)COC3)cc(N3Cc4c(cc(CN5CCC[C@H](C)C5)cc4C(F)(F)F)C3=O)n2)CC1. The van der Waals surface area contributed by atoms with Crippen LogP contribution in [0.5, 0.6) is 0 Å². The van der Waals surface area contributed by atoms with Crippen LogP contribution in [0.3, 0.4) is 0 Å². The second kappa shape index (κ2) is 14.1. The van der Waals surface area contributed by atoms with Crippen molar-refractivity contribution >= 4 is 27.6 Å². The van der Waals surface area contributed by atoms with Gasteiger partial charge in [0.1, 0.15) is 23.8 Å². The number of benzene rings is 1. The topological polar surface area (TPSA) is 117 Å². The van der Waals surface area contributed by atoms with Gasteiger partial charge >= 0.3 is 6.18 Å². The van der Waals surface area contributed by atoms with E-state index in [-0.39, 0.29) is 48.8 Å². The summed E-state index contributed by atoms with van der Waals surface area (Å²) >= 11 is 0. The number of piperazine rings is 1. The third-order valence-corrected chi connectivity index (χ3v) is 12.6. The largest absolute Gasteiger partial charge is 0.416 e. The molecule has 3 aromatic rings. The maximum Gasteiger partial charge on any atom is 0.416 e. The van der Waals surface area contributed by atoms with E-state index in [2.05, 4.69) is 27.9 Å². The average molecular weight is 741 g/mol. The summed E-state index contributed by atoms with van der Waals surface area (Å²) in [7, 11) is -1.69. The number of aromatic nitrogens is 4. The lowest BCUT2D eigenvalue weighted by molar-refractivity contribution is -0.138. The van der Waals surface area contributed by atoms with Crippen LogP contribution in [0, 0.1) is 18.3 Å². The Balaban J connectivity index is 1.24. The number of carbonyl (C=O) groups is 1. The smallest absolute Gasteiger partial charge is 0.379 e. The zero-order chi connectivity index (χ0) is 36.8. The third-order valence-electron chi connectivity index (χ3n) is 10.8. The Morgan fingerprint density at radius 1 is 1.08 bits per heavy atom. The van der Waals surface area contributed by atoms with Crippen LogP contribution in [0.4, 0.5) is 24.8 Å². The minimum absolute atomic E-state index is 0.0372. The highest BCUT2D eigenvalue weighted by atomic mass is 32.2. The van der Waals surface area contributed by atoms with Crippen LogP contribution in [0.2, 0.25) is 0 Å². The molecule has 7 rings (SSSR count). The average Bonchev–Trinajstić information content (AvgIpc) is 3.66. The maximum absolute atomic E-state index is 14.6. The number of sulfonamides is 1. The Kier molecular flexibility index (Phi) is 9.83. The molecule has 0 saturated carbocycles. The van der Waals surface area contributed by atoms with Crippen molar-refractivity contribution in [1.82, 2.24) is 29.0 Å². The number of hydrogen-bond donors (Lipinski definition) is 0. The maximum atomic E-state index is 14.6. The third kappa shape index (κ3) is 7.15. The van der Waals surface area contributed by atoms with E-state index in [1.165, 1.54) is 15.3 Å². The Hall–Kier alpha value is -4.04. The molecule has 0 aliphatic carbocycles. The van der Waals surface area contributed by atoms with E-state index in [9.17, 15) is 26.4 Å². The summed E-state index contributed by atoms with van der Waals surface area (Å²) in [6, 6.07) is 6.50. The molecular weight excluding hydrogens is 698 g/mol. The molecule has 3 saturated heterocycles. The Morgan fingerprint density at radius 3 is 2.46 bits per heavy atom. The van der Waals surface area contributed by atoms with Gasteiger partial charge < -0.3 is 14.2 Å². The van der Waals surface area contributed by atoms with Gasteiger partial charge in [-0.1, -0.05) is 6.92 Å². The molecule has 0 unspecified atom stereocenters. The number of likely N-dealkylation sites (tertiary alicyclic amines) is 1. The van der Waals surface area contributed by atoms with Crippen molar-refractivity contribution in [1.29, 1.82) is 0 Å². The first-order chi connectivity index (χ1) is 24.8. The zero-order valence-electron chi connectivity index (χ0n) is 29.4. The molecule has 0 spiro atoms. The Bertz CT molecular complexity index is 1980. The summed E-state index contributed by atoms with van der Waals surface area (Å²) in [5.41, 5.74) is -0.124. The number of alkyl halides is 3. The predicted molar refractivity (Wildman–Crippen MR) is 188 cm³/mol. The fourth-order valence-corrected chi connectivity index (χ4v) is 9.15. The molecule has 52 heavy (non-hydrogen) atoms. The minimum atomic E-state index is -4.66. The second-order valence-electron chi connectivity index (χ2n) is 14.6. The number of piperidine rings is 1. The van der Waals surface area contributed by atoms with E-state index in [0.717, 1.165) is 37.3 Å². The van der Waals surface area contributed by atoms with E-state index in [1.807, 2.05) is 22.6 Å². The number of hydrogen-bond acceptors (Lipinski definition) is 9. The van der Waals surface area contributed by atoms with Crippen LogP contribution in [0.25, 0.3) is 0 Å². The number of fused-ring (bicyclic) bond motifs is 1. The van der Waals surface area contributed by atoms with Gasteiger partial charge in [0.2, 0.25) is 10.0 Å². The highest BCUT2D eigenvalue weighted by Gasteiger charge is 2.45. The molecule has 16 heteroatoms. The van der Waals surface area contributed by atoms with E-state index in [1.54, 1.807) is 18.5 Å². The molecule has 2 aromatic heterocycles. The first kappa shape index (κ1) is 36.3. The van der Waals surface area contributed by atoms with Crippen LogP contribution in [0.15, 0.2) is 30.6 Å². The normalized spacial score (nSPS) is 21.2. The first-order valence-corrected chi connectivity index (χ1v) is 19.2. The Labute approximate surface area is 302 Å². The summed E-state index contributed by atoms with van der Waals surface area (Å²) in [5, 5.41) is 8.30.